The van der Waals surface area contributed by atoms with Gasteiger partial charge in [0.05, 0.1) is 39.4 Å². The van der Waals surface area contributed by atoms with Gasteiger partial charge in [-0.05, 0) is 0 Å². The van der Waals surface area contributed by atoms with E-state index >= 15 is 0 Å². The Morgan fingerprint density at radius 3 is 1.50 bits per heavy atom. The molecule has 0 aromatic carbocycles. The quantitative estimate of drug-likeness (QED) is 0.452. The summed E-state index contributed by atoms with van der Waals surface area (Å²) in [5.74, 6) is -1.12. The van der Waals surface area contributed by atoms with Crippen LogP contribution in [0.25, 0.3) is 0 Å². The van der Waals surface area contributed by atoms with Gasteiger partial charge in [-0.2, -0.15) is 0 Å². The fourth-order valence-electron chi connectivity index (χ4n) is 0.830. The Kier molecular flexibility index (Phi) is 9.55. The molecule has 0 atom stereocenters. The van der Waals surface area contributed by atoms with Gasteiger partial charge in [-0.1, -0.05) is 0 Å². The Hall–Kier alpha value is -1.20. The van der Waals surface area contributed by atoms with Crippen molar-refractivity contribution in [3.8, 4) is 0 Å². The van der Waals surface area contributed by atoms with Gasteiger partial charge in [0.15, 0.2) is 0 Å². The van der Waals surface area contributed by atoms with Gasteiger partial charge in [-0.15, -0.1) is 0 Å². The number of hydrogen-bond acceptors (Lipinski definition) is 4. The van der Waals surface area contributed by atoms with Gasteiger partial charge in [0.25, 0.3) is 0 Å². The smallest absolute Gasteiger partial charge is 0.306 e. The van der Waals surface area contributed by atoms with Crippen molar-refractivity contribution in [2.24, 2.45) is 0 Å². The second-order valence-electron chi connectivity index (χ2n) is 3.03. The van der Waals surface area contributed by atoms with Crippen LogP contribution in [-0.4, -0.2) is 38.5 Å². The fraction of sp³-hybridized carbons (Fsp3) is 0.800. The van der Waals surface area contributed by atoms with E-state index < -0.39 is 25.3 Å². The van der Waals surface area contributed by atoms with Crippen LogP contribution in [0.4, 0.5) is 8.78 Å². The van der Waals surface area contributed by atoms with E-state index in [-0.39, 0.29) is 38.9 Å². The van der Waals surface area contributed by atoms with Crippen LogP contribution in [0.3, 0.4) is 0 Å². The largest absolute Gasteiger partial charge is 0.466 e. The molecule has 16 heavy (non-hydrogen) atoms. The van der Waals surface area contributed by atoms with Crippen molar-refractivity contribution >= 4 is 11.9 Å². The third-order valence-electron chi connectivity index (χ3n) is 1.62. The van der Waals surface area contributed by atoms with Crippen molar-refractivity contribution < 1.29 is 27.8 Å². The minimum Gasteiger partial charge on any atom is -0.466 e. The minimum atomic E-state index is -0.559. The van der Waals surface area contributed by atoms with E-state index in [2.05, 4.69) is 9.47 Å². The van der Waals surface area contributed by atoms with E-state index in [0.29, 0.717) is 0 Å². The van der Waals surface area contributed by atoms with Crippen LogP contribution in [0.1, 0.15) is 25.7 Å². The molecular weight excluding hydrogens is 222 g/mol. The normalized spacial score (nSPS) is 9.88. The Bertz CT molecular complexity index is 187. The van der Waals surface area contributed by atoms with E-state index in [1.807, 2.05) is 0 Å². The van der Waals surface area contributed by atoms with Crippen LogP contribution < -0.4 is 0 Å². The van der Waals surface area contributed by atoms with Crippen LogP contribution >= 0.6 is 0 Å². The number of esters is 2. The highest BCUT2D eigenvalue weighted by molar-refractivity contribution is 5.77. The third-order valence-corrected chi connectivity index (χ3v) is 1.62. The molecule has 0 saturated carbocycles. The summed E-state index contributed by atoms with van der Waals surface area (Å²) in [5.41, 5.74) is 0. The average Bonchev–Trinajstić information content (AvgIpc) is 2.27. The zero-order valence-electron chi connectivity index (χ0n) is 9.05. The topological polar surface area (TPSA) is 52.6 Å². The first-order valence-corrected chi connectivity index (χ1v) is 5.14. The summed E-state index contributed by atoms with van der Waals surface area (Å²) < 4.78 is 32.5. The molecule has 0 bridgehead atoms. The van der Waals surface area contributed by atoms with Crippen molar-refractivity contribution in [3.63, 3.8) is 0 Å². The van der Waals surface area contributed by atoms with Gasteiger partial charge < -0.3 is 9.47 Å². The van der Waals surface area contributed by atoms with Crippen LogP contribution in [0.5, 0.6) is 0 Å². The SMILES string of the molecule is O=C(CCC(=O)OCCCF)OCCCF. The van der Waals surface area contributed by atoms with Crippen molar-refractivity contribution in [2.75, 3.05) is 26.6 Å². The Morgan fingerprint density at radius 2 is 1.19 bits per heavy atom. The average molecular weight is 238 g/mol. The highest BCUT2D eigenvalue weighted by Gasteiger charge is 2.08. The molecule has 0 rings (SSSR count). The number of alkyl halides is 2. The lowest BCUT2D eigenvalue weighted by molar-refractivity contribution is -0.150. The van der Waals surface area contributed by atoms with Crippen molar-refractivity contribution in [1.29, 1.82) is 0 Å². The maximum absolute atomic E-state index is 11.6. The van der Waals surface area contributed by atoms with E-state index in [4.69, 9.17) is 0 Å². The molecule has 0 heterocycles. The van der Waals surface area contributed by atoms with Crippen molar-refractivity contribution in [1.82, 2.24) is 0 Å². The summed E-state index contributed by atoms with van der Waals surface area (Å²) in [6, 6.07) is 0. The van der Waals surface area contributed by atoms with E-state index in [9.17, 15) is 18.4 Å². The van der Waals surface area contributed by atoms with Gasteiger partial charge in [-0.3, -0.25) is 18.4 Å². The zero-order valence-corrected chi connectivity index (χ0v) is 9.05. The predicted molar refractivity (Wildman–Crippen MR) is 52.3 cm³/mol. The summed E-state index contributed by atoms with van der Waals surface area (Å²) in [4.78, 5) is 21.9. The molecule has 0 saturated heterocycles. The first-order valence-electron chi connectivity index (χ1n) is 5.14. The van der Waals surface area contributed by atoms with Crippen molar-refractivity contribution in [2.45, 2.75) is 25.7 Å². The molecule has 94 valence electrons. The van der Waals surface area contributed by atoms with E-state index in [1.165, 1.54) is 0 Å². The second-order valence-corrected chi connectivity index (χ2v) is 3.03. The lowest BCUT2D eigenvalue weighted by atomic mass is 10.3. The molecule has 4 nitrogen and oxygen atoms in total. The summed E-state index contributed by atoms with van der Waals surface area (Å²) in [5, 5.41) is 0. The maximum Gasteiger partial charge on any atom is 0.306 e. The summed E-state index contributed by atoms with van der Waals surface area (Å²) >= 11 is 0. The number of hydrogen-bond donors (Lipinski definition) is 0. The van der Waals surface area contributed by atoms with E-state index in [1.54, 1.807) is 0 Å². The minimum absolute atomic E-state index is 0.0201. The van der Waals surface area contributed by atoms with Gasteiger partial charge in [0.1, 0.15) is 0 Å². The Balaban J connectivity index is 3.40. The number of carbonyl (C=O) groups excluding carboxylic acids is 2. The lowest BCUT2D eigenvalue weighted by Crippen LogP contribution is -2.11. The molecule has 0 aliphatic rings. The number of ether oxygens (including phenoxy) is 2. The molecule has 0 spiro atoms. The molecule has 0 aromatic heterocycles. The highest BCUT2D eigenvalue weighted by Crippen LogP contribution is 1.97. The van der Waals surface area contributed by atoms with Crippen molar-refractivity contribution in [3.05, 3.63) is 0 Å². The number of carbonyl (C=O) groups is 2. The van der Waals surface area contributed by atoms with Gasteiger partial charge >= 0.3 is 11.9 Å². The second kappa shape index (κ2) is 10.3. The van der Waals surface area contributed by atoms with Gasteiger partial charge in [0, 0.05) is 12.8 Å². The van der Waals surface area contributed by atoms with E-state index in [0.717, 1.165) is 0 Å². The summed E-state index contributed by atoms with van der Waals surface area (Å²) in [6.45, 7) is -1.05. The molecule has 0 unspecified atom stereocenters. The molecule has 0 aliphatic carbocycles. The fourth-order valence-corrected chi connectivity index (χ4v) is 0.830. The predicted octanol–water partition coefficient (Wildman–Crippen LogP) is 1.57. The van der Waals surface area contributed by atoms with Crippen LogP contribution in [0.15, 0.2) is 0 Å². The number of halogens is 2. The highest BCUT2D eigenvalue weighted by atomic mass is 19.1. The zero-order chi connectivity index (χ0) is 12.2. The van der Waals surface area contributed by atoms with Gasteiger partial charge in [-0.25, -0.2) is 0 Å². The molecule has 0 radical (unpaired) electrons. The van der Waals surface area contributed by atoms with Crippen LogP contribution in [0, 0.1) is 0 Å². The molecule has 0 N–H and O–H groups in total. The summed E-state index contributed by atoms with van der Waals surface area (Å²) in [6.07, 6.45) is 0.126. The molecule has 0 aliphatic heterocycles. The van der Waals surface area contributed by atoms with Gasteiger partial charge in [0.2, 0.25) is 0 Å². The Labute approximate surface area is 92.9 Å². The molecular formula is C10H16F2O4. The Morgan fingerprint density at radius 1 is 0.812 bits per heavy atom. The molecule has 6 heteroatoms. The number of rotatable bonds is 9. The monoisotopic (exact) mass is 238 g/mol. The van der Waals surface area contributed by atoms with Crippen LogP contribution in [0.2, 0.25) is 0 Å². The lowest BCUT2D eigenvalue weighted by Gasteiger charge is -2.04. The standard InChI is InChI=1S/C10H16F2O4/c11-5-1-7-15-9(13)3-4-10(14)16-8-2-6-12/h1-8H2. The summed E-state index contributed by atoms with van der Waals surface area (Å²) in [7, 11) is 0. The van der Waals surface area contributed by atoms with Crippen LogP contribution in [-0.2, 0) is 19.1 Å². The molecule has 0 aromatic rings. The first kappa shape index (κ1) is 14.8. The molecule has 0 amide bonds. The maximum atomic E-state index is 11.6. The third kappa shape index (κ3) is 9.36. The molecule has 0 fully saturated rings. The first-order chi connectivity index (χ1) is 7.70.